The van der Waals surface area contributed by atoms with Gasteiger partial charge in [-0.05, 0) is 32.0 Å². The molecular weight excluding hydrogens is 360 g/mol. The van der Waals surface area contributed by atoms with Crippen LogP contribution in [0, 0.1) is 6.92 Å². The predicted octanol–water partition coefficient (Wildman–Crippen LogP) is 5.08. The van der Waals surface area contributed by atoms with Crippen LogP contribution < -0.4 is 9.47 Å². The molecule has 0 saturated carbocycles. The van der Waals surface area contributed by atoms with Crippen LogP contribution >= 0.6 is 11.3 Å². The summed E-state index contributed by atoms with van der Waals surface area (Å²) in [5.41, 5.74) is 2.96. The third-order valence-corrected chi connectivity index (χ3v) is 5.05. The molecule has 0 radical (unpaired) electrons. The summed E-state index contributed by atoms with van der Waals surface area (Å²) >= 11 is 1.63. The summed E-state index contributed by atoms with van der Waals surface area (Å²) < 4.78 is 10.9. The lowest BCUT2D eigenvalue weighted by Gasteiger charge is -2.09. The van der Waals surface area contributed by atoms with Crippen LogP contribution in [0.1, 0.15) is 23.1 Å². The Balaban J connectivity index is 1.62. The number of thiazole rings is 1. The molecule has 2 aromatic carbocycles. The molecule has 0 aliphatic heterocycles. The fraction of sp³-hybridized carbons (Fsp3) is 0.238. The molecule has 0 N–H and O–H groups in total. The molecule has 0 spiro atoms. The lowest BCUT2D eigenvalue weighted by atomic mass is 10.2. The van der Waals surface area contributed by atoms with E-state index in [0.29, 0.717) is 24.7 Å². The van der Waals surface area contributed by atoms with Crippen LogP contribution in [-0.2, 0) is 11.4 Å². The maximum Gasteiger partial charge on any atom is 0.161 e. The van der Waals surface area contributed by atoms with Crippen LogP contribution in [-0.4, -0.2) is 24.9 Å². The number of rotatable bonds is 8. The zero-order chi connectivity index (χ0) is 19.1. The number of aryl methyl sites for hydroxylation is 1. The predicted molar refractivity (Wildman–Crippen MR) is 109 cm³/mol. The van der Waals surface area contributed by atoms with Crippen LogP contribution in [0.3, 0.4) is 0 Å². The molecular formula is C21H22N2O3S. The van der Waals surface area contributed by atoms with Gasteiger partial charge in [-0.3, -0.25) is 0 Å². The molecule has 0 amide bonds. The summed E-state index contributed by atoms with van der Waals surface area (Å²) in [5.74, 6) is 1.39. The minimum atomic E-state index is 0.390. The number of ether oxygens (including phenoxy) is 2. The van der Waals surface area contributed by atoms with E-state index < -0.39 is 0 Å². The molecule has 0 unspecified atom stereocenters. The number of aromatic nitrogens is 1. The molecule has 6 heteroatoms. The summed E-state index contributed by atoms with van der Waals surface area (Å²) in [4.78, 5) is 11.2. The van der Waals surface area contributed by atoms with Crippen LogP contribution in [0.15, 0.2) is 53.7 Å². The van der Waals surface area contributed by atoms with Crippen LogP contribution in [0.4, 0.5) is 0 Å². The molecule has 0 aliphatic carbocycles. The lowest BCUT2D eigenvalue weighted by Crippen LogP contribution is -1.96. The zero-order valence-corrected chi connectivity index (χ0v) is 16.5. The normalized spacial score (nSPS) is 10.9. The molecule has 0 aliphatic rings. The van der Waals surface area contributed by atoms with Gasteiger partial charge in [-0.2, -0.15) is 0 Å². The Morgan fingerprint density at radius 1 is 1.11 bits per heavy atom. The summed E-state index contributed by atoms with van der Waals surface area (Å²) in [7, 11) is 1.62. The maximum atomic E-state index is 5.51. The van der Waals surface area contributed by atoms with Crippen molar-refractivity contribution in [3.05, 3.63) is 64.7 Å². The Labute approximate surface area is 163 Å². The molecule has 27 heavy (non-hydrogen) atoms. The first-order chi connectivity index (χ1) is 13.2. The van der Waals surface area contributed by atoms with E-state index in [2.05, 4.69) is 22.3 Å². The number of hydrogen-bond acceptors (Lipinski definition) is 6. The second kappa shape index (κ2) is 9.19. The van der Waals surface area contributed by atoms with Gasteiger partial charge in [0, 0.05) is 11.1 Å². The highest BCUT2D eigenvalue weighted by atomic mass is 32.1. The molecule has 3 rings (SSSR count). The van der Waals surface area contributed by atoms with Gasteiger partial charge in [-0.15, -0.1) is 11.3 Å². The van der Waals surface area contributed by atoms with Crippen molar-refractivity contribution in [3.8, 4) is 22.1 Å². The van der Waals surface area contributed by atoms with Gasteiger partial charge >= 0.3 is 0 Å². The Bertz CT molecular complexity index is 907. The number of benzene rings is 2. The summed E-state index contributed by atoms with van der Waals surface area (Å²) in [6.07, 6.45) is 1.66. The van der Waals surface area contributed by atoms with Crippen molar-refractivity contribution in [2.45, 2.75) is 20.5 Å². The summed E-state index contributed by atoms with van der Waals surface area (Å²) in [5, 5.41) is 5.06. The van der Waals surface area contributed by atoms with Gasteiger partial charge in [0.15, 0.2) is 18.1 Å². The van der Waals surface area contributed by atoms with Gasteiger partial charge in [0.1, 0.15) is 5.01 Å². The van der Waals surface area contributed by atoms with Crippen molar-refractivity contribution < 1.29 is 14.3 Å². The Kier molecular flexibility index (Phi) is 6.44. The first-order valence-electron chi connectivity index (χ1n) is 8.69. The molecule has 0 fully saturated rings. The van der Waals surface area contributed by atoms with Gasteiger partial charge in [-0.1, -0.05) is 35.5 Å². The summed E-state index contributed by atoms with van der Waals surface area (Å²) in [6, 6.07) is 15.8. The Morgan fingerprint density at radius 3 is 2.67 bits per heavy atom. The lowest BCUT2D eigenvalue weighted by molar-refractivity contribution is 0.134. The Morgan fingerprint density at radius 2 is 1.93 bits per heavy atom. The van der Waals surface area contributed by atoms with E-state index >= 15 is 0 Å². The summed E-state index contributed by atoms with van der Waals surface area (Å²) in [6.45, 7) is 4.91. The van der Waals surface area contributed by atoms with Crippen LogP contribution in [0.2, 0.25) is 0 Å². The standard InChI is InChI=1S/C21H22N2O3S/c1-4-25-18-11-10-16(12-19(18)24-3)13-22-26-14-20-15(2)23-21(27-20)17-8-6-5-7-9-17/h5-13H,4,14H2,1-3H3/b22-13+. The smallest absolute Gasteiger partial charge is 0.161 e. The minimum Gasteiger partial charge on any atom is -0.493 e. The van der Waals surface area contributed by atoms with E-state index in [-0.39, 0.29) is 0 Å². The third kappa shape index (κ3) is 4.86. The first-order valence-corrected chi connectivity index (χ1v) is 9.50. The number of hydrogen-bond donors (Lipinski definition) is 0. The number of methoxy groups -OCH3 is 1. The van der Waals surface area contributed by atoms with Crippen molar-refractivity contribution in [2.24, 2.45) is 5.16 Å². The number of oxime groups is 1. The highest BCUT2D eigenvalue weighted by molar-refractivity contribution is 7.15. The molecule has 3 aromatic rings. The Hall–Kier alpha value is -2.86. The van der Waals surface area contributed by atoms with E-state index in [1.165, 1.54) is 0 Å². The van der Waals surface area contributed by atoms with Crippen molar-refractivity contribution >= 4 is 17.6 Å². The fourth-order valence-corrected chi connectivity index (χ4v) is 3.47. The monoisotopic (exact) mass is 382 g/mol. The van der Waals surface area contributed by atoms with Gasteiger partial charge in [-0.25, -0.2) is 4.98 Å². The molecule has 0 bridgehead atoms. The average Bonchev–Trinajstić information content (AvgIpc) is 3.07. The highest BCUT2D eigenvalue weighted by Gasteiger charge is 2.09. The zero-order valence-electron chi connectivity index (χ0n) is 15.6. The minimum absolute atomic E-state index is 0.390. The van der Waals surface area contributed by atoms with Gasteiger partial charge < -0.3 is 14.3 Å². The van der Waals surface area contributed by atoms with Gasteiger partial charge in [0.2, 0.25) is 0 Å². The first kappa shape index (κ1) is 18.9. The van der Waals surface area contributed by atoms with Gasteiger partial charge in [0.05, 0.1) is 30.5 Å². The topological polar surface area (TPSA) is 52.9 Å². The van der Waals surface area contributed by atoms with Crippen LogP contribution in [0.5, 0.6) is 11.5 Å². The molecule has 0 saturated heterocycles. The molecule has 1 aromatic heterocycles. The average molecular weight is 382 g/mol. The van der Waals surface area contributed by atoms with Crippen molar-refractivity contribution in [1.82, 2.24) is 4.98 Å². The van der Waals surface area contributed by atoms with Crippen molar-refractivity contribution in [3.63, 3.8) is 0 Å². The second-order valence-corrected chi connectivity index (χ2v) is 6.83. The van der Waals surface area contributed by atoms with Crippen molar-refractivity contribution in [2.75, 3.05) is 13.7 Å². The van der Waals surface area contributed by atoms with Crippen molar-refractivity contribution in [1.29, 1.82) is 0 Å². The van der Waals surface area contributed by atoms with Crippen LogP contribution in [0.25, 0.3) is 10.6 Å². The van der Waals surface area contributed by atoms with Gasteiger partial charge in [0.25, 0.3) is 0 Å². The SMILES string of the molecule is CCOc1ccc(/C=N/OCc2sc(-c3ccccc3)nc2C)cc1OC. The molecule has 140 valence electrons. The maximum absolute atomic E-state index is 5.51. The second-order valence-electron chi connectivity index (χ2n) is 5.74. The molecule has 5 nitrogen and oxygen atoms in total. The van der Waals surface area contributed by atoms with E-state index in [1.807, 2.05) is 50.2 Å². The quantitative estimate of drug-likeness (QED) is 0.403. The highest BCUT2D eigenvalue weighted by Crippen LogP contribution is 2.29. The molecule has 0 atom stereocenters. The number of nitrogens with zero attached hydrogens (tertiary/aromatic N) is 2. The van der Waals surface area contributed by atoms with E-state index in [0.717, 1.165) is 26.7 Å². The largest absolute Gasteiger partial charge is 0.493 e. The van der Waals surface area contributed by atoms with E-state index in [9.17, 15) is 0 Å². The third-order valence-electron chi connectivity index (χ3n) is 3.87. The van der Waals surface area contributed by atoms with E-state index in [4.69, 9.17) is 14.3 Å². The molecule has 1 heterocycles. The van der Waals surface area contributed by atoms with E-state index in [1.54, 1.807) is 24.7 Å². The fourth-order valence-electron chi connectivity index (χ4n) is 2.50.